The van der Waals surface area contributed by atoms with Gasteiger partial charge in [-0.2, -0.15) is 0 Å². The third kappa shape index (κ3) is 18.4. The van der Waals surface area contributed by atoms with Crippen LogP contribution in [0.25, 0.3) is 156 Å². The van der Waals surface area contributed by atoms with Crippen LogP contribution in [-0.4, -0.2) is 0 Å². The van der Waals surface area contributed by atoms with Crippen molar-refractivity contribution in [2.45, 2.75) is 253 Å². The molecule has 0 unspecified atom stereocenters. The van der Waals surface area contributed by atoms with Gasteiger partial charge in [-0.15, -0.1) is 0 Å². The molecule has 0 N–H and O–H groups in total. The third-order valence-corrected chi connectivity index (χ3v) is 30.3. The van der Waals surface area contributed by atoms with Crippen LogP contribution in [0.2, 0.25) is 0 Å². The highest BCUT2D eigenvalue weighted by molar-refractivity contribution is 5.94. The summed E-state index contributed by atoms with van der Waals surface area (Å²) in [6.07, 6.45) is 2.47. The highest BCUT2D eigenvalue weighted by atomic mass is 14.5. The molecule has 16 aromatic carbocycles. The van der Waals surface area contributed by atoms with Gasteiger partial charge in [-0.1, -0.05) is 423 Å². The van der Waals surface area contributed by atoms with E-state index >= 15 is 0 Å². The van der Waals surface area contributed by atoms with Crippen molar-refractivity contribution in [2.75, 3.05) is 0 Å². The molecule has 135 heavy (non-hydrogen) atoms. The van der Waals surface area contributed by atoms with E-state index in [9.17, 15) is 0 Å². The Labute approximate surface area is 810 Å². The van der Waals surface area contributed by atoms with Crippen LogP contribution in [0.3, 0.4) is 0 Å². The molecular weight excluding hydrogens is 1620 g/mol. The minimum atomic E-state index is -0.577. The average molecular weight is 1760 g/mol. The summed E-state index contributed by atoms with van der Waals surface area (Å²) in [6.45, 7) is 60.6. The van der Waals surface area contributed by atoms with E-state index in [4.69, 9.17) is 0 Å². The first kappa shape index (κ1) is 92.9. The Morgan fingerprint density at radius 3 is 0.356 bits per heavy atom. The molecule has 0 heterocycles. The maximum atomic E-state index is 2.67. The molecule has 0 saturated carbocycles. The van der Waals surface area contributed by atoms with Gasteiger partial charge < -0.3 is 0 Å². The maximum absolute atomic E-state index is 2.67. The second kappa shape index (κ2) is 34.4. The third-order valence-electron chi connectivity index (χ3n) is 30.3. The molecule has 0 fully saturated rings. The fraction of sp³-hybridized carbons (Fsp3) is 0.289. The minimum absolute atomic E-state index is 0.00829. The summed E-state index contributed by atoms with van der Waals surface area (Å²) in [5.41, 5.74) is 49.2. The highest BCUT2D eigenvalue weighted by Gasteiger charge is 2.52. The quantitative estimate of drug-likeness (QED) is 0.0904. The molecule has 0 atom stereocenters. The smallest absolute Gasteiger partial charge is 0.0224 e. The van der Waals surface area contributed by atoms with Crippen molar-refractivity contribution in [3.63, 3.8) is 0 Å². The Bertz CT molecular complexity index is 5970. The molecule has 0 aliphatic heterocycles. The lowest BCUT2D eigenvalue weighted by atomic mass is 9.60. The first-order valence-corrected chi connectivity index (χ1v) is 49.8. The first-order valence-electron chi connectivity index (χ1n) is 49.8. The van der Waals surface area contributed by atoms with Crippen LogP contribution in [0.5, 0.6) is 0 Å². The van der Waals surface area contributed by atoms with Gasteiger partial charge in [-0.25, -0.2) is 0 Å². The Morgan fingerprint density at radius 2 is 0.244 bits per heavy atom. The van der Waals surface area contributed by atoms with Crippen molar-refractivity contribution in [3.05, 3.63) is 406 Å². The van der Waals surface area contributed by atoms with Crippen LogP contribution in [0.1, 0.15) is 266 Å². The molecule has 2 aliphatic rings. The Hall–Kier alpha value is -12.5. The maximum Gasteiger partial charge on any atom is 0.0224 e. The zero-order valence-electron chi connectivity index (χ0n) is 85.5. The van der Waals surface area contributed by atoms with Crippen LogP contribution in [0.15, 0.2) is 340 Å². The second-order valence-corrected chi connectivity index (χ2v) is 47.9. The largest absolute Gasteiger partial charge is 0.0642 e. The molecule has 0 radical (unpaired) electrons. The molecule has 0 spiro atoms. The van der Waals surface area contributed by atoms with Crippen molar-refractivity contribution in [3.8, 4) is 156 Å². The van der Waals surface area contributed by atoms with E-state index in [2.05, 4.69) is 520 Å². The van der Waals surface area contributed by atoms with Crippen molar-refractivity contribution in [1.29, 1.82) is 0 Å². The zero-order valence-corrected chi connectivity index (χ0v) is 85.5. The van der Waals surface area contributed by atoms with E-state index in [1.165, 1.54) is 223 Å². The number of hydrogen-bond donors (Lipinski definition) is 0. The molecule has 0 aromatic heterocycles. The van der Waals surface area contributed by atoms with Crippen molar-refractivity contribution in [2.24, 2.45) is 0 Å². The highest BCUT2D eigenvalue weighted by Crippen LogP contribution is 2.64. The zero-order chi connectivity index (χ0) is 95.8. The van der Waals surface area contributed by atoms with Gasteiger partial charge in [0.2, 0.25) is 0 Å². The van der Waals surface area contributed by atoms with Gasteiger partial charge in [0.05, 0.1) is 0 Å². The SMILES string of the molecule is CCC1(CC2(CC)c3cc(-c4cc(-c5ccc(C(C)(C)C)cc5)cc(-c5ccc(C(C)(C)C)cc5)c4)ccc3-c3ccc(-c4cc(-c5ccc(C(C)(C)C)cc5)cc(-c5ccc(C(C)(C)C)cc5)c4)cc32)c2cc(-c3cc(-c4ccc(C(C)(C)C)cc4)cc(-c4ccc(C(C)(C)C)cc4)c3)ccc2-c2ccc(-c3cc(-c4ccc(C(C)(C)C)cc4)cc(-c4ccc(C(C)(C)C)cc4)c3)cc21. The minimum Gasteiger partial charge on any atom is -0.0642 e. The van der Waals surface area contributed by atoms with Crippen LogP contribution >= 0.6 is 0 Å². The summed E-state index contributed by atoms with van der Waals surface area (Å²) >= 11 is 0. The summed E-state index contributed by atoms with van der Waals surface area (Å²) in [6, 6.07) is 135. The summed E-state index contributed by atoms with van der Waals surface area (Å²) in [4.78, 5) is 0. The number of rotatable bonds is 16. The molecule has 0 bridgehead atoms. The fourth-order valence-electron chi connectivity index (χ4n) is 21.4. The normalized spacial score (nSPS) is 13.8. The molecule has 0 heteroatoms. The topological polar surface area (TPSA) is 0 Å². The Morgan fingerprint density at radius 1 is 0.133 bits per heavy atom. The molecule has 16 aromatic rings. The summed E-state index contributed by atoms with van der Waals surface area (Å²) in [7, 11) is 0. The summed E-state index contributed by atoms with van der Waals surface area (Å²) in [5.74, 6) is 0. The van der Waals surface area contributed by atoms with Gasteiger partial charge in [0.15, 0.2) is 0 Å². The lowest BCUT2D eigenvalue weighted by molar-refractivity contribution is 0.342. The summed E-state index contributed by atoms with van der Waals surface area (Å²) < 4.78 is 0. The summed E-state index contributed by atoms with van der Waals surface area (Å²) in [5, 5.41) is 0. The van der Waals surface area contributed by atoms with Crippen LogP contribution < -0.4 is 0 Å². The van der Waals surface area contributed by atoms with Gasteiger partial charge in [0.1, 0.15) is 0 Å². The monoisotopic (exact) mass is 1760 g/mol. The Kier molecular flexibility index (Phi) is 23.7. The van der Waals surface area contributed by atoms with Crippen LogP contribution in [-0.2, 0) is 54.1 Å². The second-order valence-electron chi connectivity index (χ2n) is 47.9. The van der Waals surface area contributed by atoms with E-state index in [0.717, 1.165) is 19.3 Å². The van der Waals surface area contributed by atoms with Gasteiger partial charge in [0, 0.05) is 10.8 Å². The van der Waals surface area contributed by atoms with Gasteiger partial charge in [-0.05, 0) is 382 Å². The van der Waals surface area contributed by atoms with Gasteiger partial charge >= 0.3 is 0 Å². The van der Waals surface area contributed by atoms with Gasteiger partial charge in [0.25, 0.3) is 0 Å². The van der Waals surface area contributed by atoms with Crippen LogP contribution in [0.4, 0.5) is 0 Å². The standard InChI is InChI=1S/C135H140/c1-27-134(122-81-94(106-73-98(86-29-49-110(50-30-86)126(3,4)5)69-99(74-106)87-31-51-111(52-32-87)127(6,7)8)45-65-118(122)119-66-46-95(82-123(119)134)107-75-100(88-33-53-112(54-34-88)128(9,10)11)70-101(76-107)89-35-55-113(56-36-89)129(12,13)14)85-135(28-2)124-83-96(108-77-102(90-37-57-114(58-38-90)130(15,16)17)71-103(78-108)91-39-59-115(60-40-91)131(18,19)20)47-67-120(124)121-68-48-97(84-125(121)135)109-79-104(92-41-61-116(62-42-92)132(21,22)23)72-105(80-109)93-43-63-117(64-44-93)133(24,25)26/h29-84H,27-28,85H2,1-26H3. The lowest BCUT2D eigenvalue weighted by Crippen LogP contribution is -2.37. The van der Waals surface area contributed by atoms with E-state index in [-0.39, 0.29) is 43.3 Å². The Balaban J connectivity index is 0.898. The lowest BCUT2D eigenvalue weighted by Gasteiger charge is -2.42. The van der Waals surface area contributed by atoms with Gasteiger partial charge in [-0.3, -0.25) is 0 Å². The average Bonchev–Trinajstić information content (AvgIpc) is 1.53. The van der Waals surface area contributed by atoms with E-state index in [1.54, 1.807) is 0 Å². The van der Waals surface area contributed by atoms with E-state index < -0.39 is 10.8 Å². The van der Waals surface area contributed by atoms with E-state index in [1.807, 2.05) is 0 Å². The predicted octanol–water partition coefficient (Wildman–Crippen LogP) is 38.5. The molecule has 680 valence electrons. The predicted molar refractivity (Wildman–Crippen MR) is 585 cm³/mol. The molecule has 0 amide bonds. The molecule has 18 rings (SSSR count). The van der Waals surface area contributed by atoms with Crippen LogP contribution in [0, 0.1) is 0 Å². The van der Waals surface area contributed by atoms with Crippen molar-refractivity contribution in [1.82, 2.24) is 0 Å². The number of fused-ring (bicyclic) bond motifs is 6. The van der Waals surface area contributed by atoms with Crippen molar-refractivity contribution >= 4 is 0 Å². The molecular formula is C135H140. The number of hydrogen-bond acceptors (Lipinski definition) is 0. The molecule has 0 saturated heterocycles. The molecule has 0 nitrogen and oxygen atoms in total. The first-order chi connectivity index (χ1) is 63.7. The number of benzene rings is 16. The molecule has 2 aliphatic carbocycles. The van der Waals surface area contributed by atoms with E-state index in [0.29, 0.717) is 0 Å². The van der Waals surface area contributed by atoms with Crippen molar-refractivity contribution < 1.29 is 0 Å². The fourth-order valence-corrected chi connectivity index (χ4v) is 21.4.